The summed E-state index contributed by atoms with van der Waals surface area (Å²) in [4.78, 5) is 0. The minimum absolute atomic E-state index is 0. The normalized spacial score (nSPS) is 18.5. The van der Waals surface area contributed by atoms with E-state index in [0.29, 0.717) is 16.0 Å². The third-order valence-electron chi connectivity index (χ3n) is 3.23. The lowest BCUT2D eigenvalue weighted by Crippen LogP contribution is -2.34. The maximum absolute atomic E-state index is 13.9. The first-order chi connectivity index (χ1) is 7.70. The molecule has 0 spiro atoms. The summed E-state index contributed by atoms with van der Waals surface area (Å²) < 4.78 is 14.4. The lowest BCUT2D eigenvalue weighted by molar-refractivity contribution is 0.317. The summed E-state index contributed by atoms with van der Waals surface area (Å²) in [5.74, 6) is 0.165. The molecular formula is C12H17BrClFN2. The summed E-state index contributed by atoms with van der Waals surface area (Å²) >= 11 is 3.20. The molecule has 1 aliphatic rings. The molecular weight excluding hydrogens is 307 g/mol. The van der Waals surface area contributed by atoms with Crippen LogP contribution in [0.3, 0.4) is 0 Å². The molecule has 0 saturated carbocycles. The first kappa shape index (κ1) is 14.9. The van der Waals surface area contributed by atoms with E-state index in [-0.39, 0.29) is 24.3 Å². The fraction of sp³-hybridized carbons (Fsp3) is 0.500. The molecule has 0 radical (unpaired) electrons. The highest BCUT2D eigenvalue weighted by Crippen LogP contribution is 2.30. The van der Waals surface area contributed by atoms with E-state index in [1.54, 1.807) is 12.1 Å². The Labute approximate surface area is 116 Å². The highest BCUT2D eigenvalue weighted by Gasteiger charge is 2.24. The maximum atomic E-state index is 13.9. The summed E-state index contributed by atoms with van der Waals surface area (Å²) in [6.45, 7) is 1.96. The first-order valence-electron chi connectivity index (χ1n) is 5.60. The van der Waals surface area contributed by atoms with Crippen LogP contribution in [-0.4, -0.2) is 13.1 Å². The second-order valence-electron chi connectivity index (χ2n) is 4.26. The van der Waals surface area contributed by atoms with Gasteiger partial charge in [0.15, 0.2) is 0 Å². The minimum atomic E-state index is -0.214. The zero-order chi connectivity index (χ0) is 11.5. The Morgan fingerprint density at radius 1 is 1.35 bits per heavy atom. The van der Waals surface area contributed by atoms with Gasteiger partial charge >= 0.3 is 0 Å². The molecule has 3 N–H and O–H groups in total. The molecule has 17 heavy (non-hydrogen) atoms. The van der Waals surface area contributed by atoms with Crippen molar-refractivity contribution in [2.24, 2.45) is 11.7 Å². The van der Waals surface area contributed by atoms with Crippen LogP contribution in [-0.2, 0) is 0 Å². The van der Waals surface area contributed by atoms with E-state index in [2.05, 4.69) is 21.2 Å². The molecule has 1 atom stereocenters. The summed E-state index contributed by atoms with van der Waals surface area (Å²) in [5.41, 5.74) is 6.78. The van der Waals surface area contributed by atoms with Gasteiger partial charge in [-0.25, -0.2) is 4.39 Å². The fourth-order valence-electron chi connectivity index (χ4n) is 2.24. The van der Waals surface area contributed by atoms with Crippen LogP contribution in [0, 0.1) is 11.7 Å². The zero-order valence-corrected chi connectivity index (χ0v) is 11.9. The van der Waals surface area contributed by atoms with Crippen LogP contribution < -0.4 is 11.1 Å². The molecule has 96 valence electrons. The smallest absolute Gasteiger partial charge is 0.142 e. The summed E-state index contributed by atoms with van der Waals surface area (Å²) in [5, 5.41) is 3.29. The van der Waals surface area contributed by atoms with Gasteiger partial charge in [-0.05, 0) is 53.8 Å². The minimum Gasteiger partial charge on any atom is -0.324 e. The predicted octanol–water partition coefficient (Wildman–Crippen LogP) is 3.01. The quantitative estimate of drug-likeness (QED) is 0.878. The average Bonchev–Trinajstić information content (AvgIpc) is 2.33. The van der Waals surface area contributed by atoms with Crippen molar-refractivity contribution in [2.75, 3.05) is 13.1 Å². The Hall–Kier alpha value is -0.160. The van der Waals surface area contributed by atoms with Gasteiger partial charge in [-0.3, -0.25) is 0 Å². The van der Waals surface area contributed by atoms with E-state index in [0.717, 1.165) is 25.9 Å². The molecule has 1 aliphatic heterocycles. The van der Waals surface area contributed by atoms with Crippen molar-refractivity contribution in [2.45, 2.75) is 18.9 Å². The van der Waals surface area contributed by atoms with Gasteiger partial charge in [-0.2, -0.15) is 0 Å². The van der Waals surface area contributed by atoms with Gasteiger partial charge in [0.25, 0.3) is 0 Å². The topological polar surface area (TPSA) is 38.0 Å². The van der Waals surface area contributed by atoms with Gasteiger partial charge in [-0.1, -0.05) is 12.1 Å². The van der Waals surface area contributed by atoms with Crippen molar-refractivity contribution in [3.05, 3.63) is 34.1 Å². The molecule has 1 heterocycles. The van der Waals surface area contributed by atoms with Crippen LogP contribution in [0.1, 0.15) is 24.4 Å². The molecule has 0 unspecified atom stereocenters. The van der Waals surface area contributed by atoms with Gasteiger partial charge in [0.2, 0.25) is 0 Å². The number of benzene rings is 1. The van der Waals surface area contributed by atoms with Crippen molar-refractivity contribution in [3.8, 4) is 0 Å². The molecule has 1 saturated heterocycles. The number of hydrogen-bond donors (Lipinski definition) is 2. The van der Waals surface area contributed by atoms with Gasteiger partial charge in [0.1, 0.15) is 5.82 Å². The SMILES string of the molecule is Cl.N[C@@H](c1cccc(Br)c1F)C1CCNCC1. The van der Waals surface area contributed by atoms with E-state index in [4.69, 9.17) is 5.73 Å². The number of hydrogen-bond acceptors (Lipinski definition) is 2. The third-order valence-corrected chi connectivity index (χ3v) is 3.84. The van der Waals surface area contributed by atoms with E-state index < -0.39 is 0 Å². The molecule has 1 fully saturated rings. The van der Waals surface area contributed by atoms with Crippen molar-refractivity contribution in [3.63, 3.8) is 0 Å². The Bertz CT molecular complexity index is 370. The highest BCUT2D eigenvalue weighted by molar-refractivity contribution is 9.10. The molecule has 5 heteroatoms. The van der Waals surface area contributed by atoms with Crippen LogP contribution >= 0.6 is 28.3 Å². The van der Waals surface area contributed by atoms with E-state index in [1.807, 2.05) is 6.07 Å². The number of rotatable bonds is 2. The van der Waals surface area contributed by atoms with Crippen molar-refractivity contribution >= 4 is 28.3 Å². The average molecular weight is 324 g/mol. The van der Waals surface area contributed by atoms with Gasteiger partial charge in [0, 0.05) is 11.6 Å². The molecule has 1 aromatic rings. The van der Waals surface area contributed by atoms with Crippen LogP contribution in [0.4, 0.5) is 4.39 Å². The molecule has 0 bridgehead atoms. The van der Waals surface area contributed by atoms with E-state index in [1.165, 1.54) is 0 Å². The number of halogens is 3. The maximum Gasteiger partial charge on any atom is 0.142 e. The molecule has 1 aromatic carbocycles. The number of nitrogens with two attached hydrogens (primary N) is 1. The summed E-state index contributed by atoms with van der Waals surface area (Å²) in [6, 6.07) is 5.13. The van der Waals surface area contributed by atoms with Crippen LogP contribution in [0.5, 0.6) is 0 Å². The van der Waals surface area contributed by atoms with Crippen molar-refractivity contribution in [1.29, 1.82) is 0 Å². The summed E-state index contributed by atoms with van der Waals surface area (Å²) in [6.07, 6.45) is 2.04. The summed E-state index contributed by atoms with van der Waals surface area (Å²) in [7, 11) is 0. The molecule has 2 nitrogen and oxygen atoms in total. The molecule has 2 rings (SSSR count). The Morgan fingerprint density at radius 2 is 2.00 bits per heavy atom. The van der Waals surface area contributed by atoms with Gasteiger partial charge < -0.3 is 11.1 Å². The van der Waals surface area contributed by atoms with Crippen molar-refractivity contribution < 1.29 is 4.39 Å². The van der Waals surface area contributed by atoms with Crippen LogP contribution in [0.2, 0.25) is 0 Å². The molecule has 0 aromatic heterocycles. The fourth-order valence-corrected chi connectivity index (χ4v) is 2.62. The van der Waals surface area contributed by atoms with E-state index >= 15 is 0 Å². The first-order valence-corrected chi connectivity index (χ1v) is 6.39. The Kier molecular flexibility index (Phi) is 5.86. The Morgan fingerprint density at radius 3 is 2.65 bits per heavy atom. The lowest BCUT2D eigenvalue weighted by atomic mass is 9.86. The molecule has 0 aliphatic carbocycles. The lowest BCUT2D eigenvalue weighted by Gasteiger charge is -2.28. The van der Waals surface area contributed by atoms with Crippen LogP contribution in [0.25, 0.3) is 0 Å². The van der Waals surface area contributed by atoms with Crippen molar-refractivity contribution in [1.82, 2.24) is 5.32 Å². The van der Waals surface area contributed by atoms with Gasteiger partial charge in [-0.15, -0.1) is 12.4 Å². The largest absolute Gasteiger partial charge is 0.324 e. The second kappa shape index (κ2) is 6.69. The highest BCUT2D eigenvalue weighted by atomic mass is 79.9. The monoisotopic (exact) mass is 322 g/mol. The predicted molar refractivity (Wildman–Crippen MR) is 73.9 cm³/mol. The second-order valence-corrected chi connectivity index (χ2v) is 5.11. The van der Waals surface area contributed by atoms with E-state index in [9.17, 15) is 4.39 Å². The van der Waals surface area contributed by atoms with Crippen LogP contribution in [0.15, 0.2) is 22.7 Å². The number of nitrogens with one attached hydrogen (secondary N) is 1. The molecule has 0 amide bonds. The third kappa shape index (κ3) is 3.41. The van der Waals surface area contributed by atoms with Gasteiger partial charge in [0.05, 0.1) is 4.47 Å². The Balaban J connectivity index is 0.00000144. The number of piperidine rings is 1. The standard InChI is InChI=1S/C12H16BrFN2.ClH/c13-10-3-1-2-9(11(10)14)12(15)8-4-6-16-7-5-8;/h1-3,8,12,16H,4-7,15H2;1H/t12-;/m1./s1. The zero-order valence-electron chi connectivity index (χ0n) is 9.46.